The highest BCUT2D eigenvalue weighted by Gasteiger charge is 2.17. The minimum atomic E-state index is -0.657. The molecule has 1 aromatic rings. The third-order valence-corrected chi connectivity index (χ3v) is 4.04. The predicted molar refractivity (Wildman–Crippen MR) is 65.0 cm³/mol. The maximum Gasteiger partial charge on any atom is 0.131 e. The monoisotopic (exact) mass is 240 g/mol. The first kappa shape index (κ1) is 11.5. The highest BCUT2D eigenvalue weighted by Crippen LogP contribution is 2.19. The summed E-state index contributed by atoms with van der Waals surface area (Å²) >= 11 is 0. The lowest BCUT2D eigenvalue weighted by Gasteiger charge is -2.28. The molecule has 0 unspecified atom stereocenters. The molecule has 2 heterocycles. The van der Waals surface area contributed by atoms with Crippen molar-refractivity contribution >= 4 is 16.6 Å². The van der Waals surface area contributed by atoms with Crippen molar-refractivity contribution in [2.45, 2.75) is 13.5 Å². The van der Waals surface area contributed by atoms with Crippen LogP contribution in [0.4, 0.5) is 5.82 Å². The Morgan fingerprint density at radius 2 is 2.19 bits per heavy atom. The zero-order valence-corrected chi connectivity index (χ0v) is 10.2. The molecule has 88 valence electrons. The van der Waals surface area contributed by atoms with Gasteiger partial charge in [-0.2, -0.15) is 0 Å². The molecule has 0 amide bonds. The lowest BCUT2D eigenvalue weighted by molar-refractivity contribution is 0.281. The Hall–Kier alpha value is -0.940. The Kier molecular flexibility index (Phi) is 3.56. The fourth-order valence-electron chi connectivity index (χ4n) is 1.89. The lowest BCUT2D eigenvalue weighted by Crippen LogP contribution is -2.38. The molecule has 1 aliphatic heterocycles. The van der Waals surface area contributed by atoms with Crippen molar-refractivity contribution < 1.29 is 9.32 Å². The molecule has 0 bridgehead atoms. The molecular formula is C11H16N2O2S. The fraction of sp³-hybridized carbons (Fsp3) is 0.545. The third-order valence-electron chi connectivity index (χ3n) is 2.77. The molecule has 4 nitrogen and oxygen atoms in total. The molecule has 1 saturated heterocycles. The number of rotatable bonds is 2. The van der Waals surface area contributed by atoms with Crippen molar-refractivity contribution in [1.82, 2.24) is 4.98 Å². The topological polar surface area (TPSA) is 53.4 Å². The normalized spacial score (nSPS) is 17.8. The van der Waals surface area contributed by atoms with Crippen molar-refractivity contribution in [3.05, 3.63) is 23.4 Å². The van der Waals surface area contributed by atoms with Crippen LogP contribution in [0.5, 0.6) is 0 Å². The molecule has 1 fully saturated rings. The largest absolute Gasteiger partial charge is 0.392 e. The smallest absolute Gasteiger partial charge is 0.131 e. The van der Waals surface area contributed by atoms with Gasteiger partial charge >= 0.3 is 0 Å². The van der Waals surface area contributed by atoms with Gasteiger partial charge in [0, 0.05) is 41.6 Å². The Labute approximate surface area is 97.8 Å². The summed E-state index contributed by atoms with van der Waals surface area (Å²) in [4.78, 5) is 6.53. The van der Waals surface area contributed by atoms with Crippen LogP contribution >= 0.6 is 0 Å². The Morgan fingerprint density at radius 1 is 1.50 bits per heavy atom. The van der Waals surface area contributed by atoms with E-state index >= 15 is 0 Å². The quantitative estimate of drug-likeness (QED) is 0.815. The molecule has 0 saturated carbocycles. The highest BCUT2D eigenvalue weighted by molar-refractivity contribution is 7.85. The summed E-state index contributed by atoms with van der Waals surface area (Å²) < 4.78 is 11.3. The van der Waals surface area contributed by atoms with Gasteiger partial charge in [0.15, 0.2) is 0 Å². The van der Waals surface area contributed by atoms with Crippen LogP contribution in [0.15, 0.2) is 12.3 Å². The standard InChI is InChI=1S/C11H16N2O2S/c1-9-6-10(8-14)7-12-11(9)13-2-4-16(15)5-3-13/h6-7,14H,2-5,8H2,1H3. The van der Waals surface area contributed by atoms with Gasteiger partial charge in [-0.05, 0) is 24.1 Å². The van der Waals surface area contributed by atoms with Crippen molar-refractivity contribution in [3.63, 3.8) is 0 Å². The molecule has 5 heteroatoms. The molecule has 0 aromatic carbocycles. The highest BCUT2D eigenvalue weighted by atomic mass is 32.2. The van der Waals surface area contributed by atoms with E-state index in [9.17, 15) is 4.21 Å². The van der Waals surface area contributed by atoms with E-state index in [0.29, 0.717) is 0 Å². The average molecular weight is 240 g/mol. The van der Waals surface area contributed by atoms with Crippen molar-refractivity contribution in [3.8, 4) is 0 Å². The van der Waals surface area contributed by atoms with Crippen LogP contribution in [0.1, 0.15) is 11.1 Å². The lowest BCUT2D eigenvalue weighted by atomic mass is 10.2. The summed E-state index contributed by atoms with van der Waals surface area (Å²) in [5.74, 6) is 2.40. The van der Waals surface area contributed by atoms with Crippen LogP contribution < -0.4 is 4.90 Å². The van der Waals surface area contributed by atoms with E-state index in [1.54, 1.807) is 6.20 Å². The molecule has 2 rings (SSSR count). The van der Waals surface area contributed by atoms with Crippen LogP contribution in [0.3, 0.4) is 0 Å². The summed E-state index contributed by atoms with van der Waals surface area (Å²) in [5, 5.41) is 9.00. The Morgan fingerprint density at radius 3 is 2.75 bits per heavy atom. The molecule has 16 heavy (non-hydrogen) atoms. The van der Waals surface area contributed by atoms with Gasteiger partial charge in [-0.25, -0.2) is 4.98 Å². The van der Waals surface area contributed by atoms with E-state index < -0.39 is 10.8 Å². The van der Waals surface area contributed by atoms with E-state index in [-0.39, 0.29) is 6.61 Å². The van der Waals surface area contributed by atoms with Crippen molar-refractivity contribution in [1.29, 1.82) is 0 Å². The first-order valence-corrected chi connectivity index (χ1v) is 6.86. The zero-order valence-electron chi connectivity index (χ0n) is 9.35. The zero-order chi connectivity index (χ0) is 11.5. The number of aliphatic hydroxyl groups is 1. The van der Waals surface area contributed by atoms with E-state index in [0.717, 1.165) is 41.5 Å². The van der Waals surface area contributed by atoms with Crippen molar-refractivity contribution in [2.75, 3.05) is 29.5 Å². The van der Waals surface area contributed by atoms with E-state index in [2.05, 4.69) is 9.88 Å². The number of pyridine rings is 1. The average Bonchev–Trinajstić information content (AvgIpc) is 2.30. The first-order chi connectivity index (χ1) is 7.70. The molecule has 0 aliphatic carbocycles. The summed E-state index contributed by atoms with van der Waals surface area (Å²) in [7, 11) is -0.657. The number of anilines is 1. The number of aryl methyl sites for hydroxylation is 1. The number of hydrogen-bond donors (Lipinski definition) is 1. The Bertz CT molecular complexity index is 399. The third kappa shape index (κ3) is 2.41. The molecule has 1 aromatic heterocycles. The summed E-state index contributed by atoms with van der Waals surface area (Å²) in [6, 6.07) is 1.95. The van der Waals surface area contributed by atoms with Crippen LogP contribution in [0.2, 0.25) is 0 Å². The summed E-state index contributed by atoms with van der Waals surface area (Å²) in [6.45, 7) is 3.63. The van der Waals surface area contributed by atoms with Gasteiger partial charge in [-0.3, -0.25) is 4.21 Å². The van der Waals surface area contributed by atoms with Gasteiger partial charge in [0.2, 0.25) is 0 Å². The van der Waals surface area contributed by atoms with Gasteiger partial charge in [0.1, 0.15) is 5.82 Å². The first-order valence-electron chi connectivity index (χ1n) is 5.37. The summed E-state index contributed by atoms with van der Waals surface area (Å²) in [5.41, 5.74) is 1.90. The van der Waals surface area contributed by atoms with Crippen LogP contribution in [-0.4, -0.2) is 38.9 Å². The van der Waals surface area contributed by atoms with E-state index in [1.807, 2.05) is 13.0 Å². The molecule has 0 atom stereocenters. The maximum absolute atomic E-state index is 11.3. The Balaban J connectivity index is 2.17. The molecule has 1 N–H and O–H groups in total. The summed E-state index contributed by atoms with van der Waals surface area (Å²) in [6.07, 6.45) is 1.70. The molecule has 1 aliphatic rings. The predicted octanol–water partition coefficient (Wildman–Crippen LogP) is 0.451. The number of aromatic nitrogens is 1. The van der Waals surface area contributed by atoms with Crippen molar-refractivity contribution in [2.24, 2.45) is 0 Å². The van der Waals surface area contributed by atoms with Gasteiger partial charge < -0.3 is 10.0 Å². The second-order valence-electron chi connectivity index (χ2n) is 3.98. The number of aliphatic hydroxyl groups excluding tert-OH is 1. The van der Waals surface area contributed by atoms with Crippen LogP contribution in [0.25, 0.3) is 0 Å². The van der Waals surface area contributed by atoms with E-state index in [1.165, 1.54) is 0 Å². The molecule has 0 radical (unpaired) electrons. The molecule has 0 spiro atoms. The SMILES string of the molecule is Cc1cc(CO)cnc1N1CCS(=O)CC1. The second-order valence-corrected chi connectivity index (χ2v) is 5.67. The van der Waals surface area contributed by atoms with Crippen LogP contribution in [0, 0.1) is 6.92 Å². The second kappa shape index (κ2) is 4.93. The maximum atomic E-state index is 11.3. The van der Waals surface area contributed by atoms with E-state index in [4.69, 9.17) is 5.11 Å². The van der Waals surface area contributed by atoms with Gasteiger partial charge in [-0.15, -0.1) is 0 Å². The minimum Gasteiger partial charge on any atom is -0.392 e. The fourth-order valence-corrected chi connectivity index (χ4v) is 2.95. The van der Waals surface area contributed by atoms with Gasteiger partial charge in [0.05, 0.1) is 6.61 Å². The van der Waals surface area contributed by atoms with Crippen LogP contribution in [-0.2, 0) is 17.4 Å². The number of nitrogens with zero attached hydrogens (tertiary/aromatic N) is 2. The molecular weight excluding hydrogens is 224 g/mol. The minimum absolute atomic E-state index is 0.0259. The van der Waals surface area contributed by atoms with Gasteiger partial charge in [0.25, 0.3) is 0 Å². The number of hydrogen-bond acceptors (Lipinski definition) is 4. The van der Waals surface area contributed by atoms with Gasteiger partial charge in [-0.1, -0.05) is 0 Å².